The monoisotopic (exact) mass is 309 g/mol. The van der Waals surface area contributed by atoms with Gasteiger partial charge in [0.1, 0.15) is 17.2 Å². The molecule has 1 aliphatic rings. The van der Waals surface area contributed by atoms with Crippen LogP contribution in [0.4, 0.5) is 13.6 Å². The van der Waals surface area contributed by atoms with Gasteiger partial charge in [0, 0.05) is 18.7 Å². The first-order chi connectivity index (χ1) is 10.2. The number of likely N-dealkylation sites (tertiary alicyclic amines) is 1. The first-order valence-electron chi connectivity index (χ1n) is 7.37. The Morgan fingerprint density at radius 3 is 2.45 bits per heavy atom. The summed E-state index contributed by atoms with van der Waals surface area (Å²) in [4.78, 5) is 13.6. The summed E-state index contributed by atoms with van der Waals surface area (Å²) in [7, 11) is 0. The number of amides is 1. The van der Waals surface area contributed by atoms with Crippen LogP contribution in [0.1, 0.15) is 39.2 Å². The third kappa shape index (κ3) is 4.55. The third-order valence-corrected chi connectivity index (χ3v) is 3.38. The molecule has 22 heavy (non-hydrogen) atoms. The Labute approximate surface area is 129 Å². The van der Waals surface area contributed by atoms with Crippen LogP contribution >= 0.6 is 0 Å². The maximum absolute atomic E-state index is 13.6. The predicted molar refractivity (Wildman–Crippen MR) is 81.4 cm³/mol. The van der Waals surface area contributed by atoms with Crippen molar-refractivity contribution >= 4 is 12.2 Å². The number of rotatable bonds is 1. The third-order valence-electron chi connectivity index (χ3n) is 3.38. The highest BCUT2D eigenvalue weighted by molar-refractivity contribution is 5.68. The lowest BCUT2D eigenvalue weighted by atomic mass is 10.0. The molecule has 0 saturated carbocycles. The highest BCUT2D eigenvalue weighted by Gasteiger charge is 2.24. The van der Waals surface area contributed by atoms with E-state index in [4.69, 9.17) is 4.74 Å². The minimum absolute atomic E-state index is 0.251. The molecule has 1 saturated heterocycles. The molecule has 0 bridgehead atoms. The van der Waals surface area contributed by atoms with E-state index in [1.165, 1.54) is 6.07 Å². The Balaban J connectivity index is 1.98. The molecule has 1 aliphatic heterocycles. The molecule has 1 heterocycles. The normalized spacial score (nSPS) is 15.7. The molecule has 5 heteroatoms. The van der Waals surface area contributed by atoms with E-state index in [0.717, 1.165) is 17.7 Å². The maximum atomic E-state index is 13.6. The van der Waals surface area contributed by atoms with Crippen molar-refractivity contribution in [1.82, 2.24) is 4.90 Å². The van der Waals surface area contributed by atoms with Gasteiger partial charge in [-0.1, -0.05) is 11.6 Å². The highest BCUT2D eigenvalue weighted by Crippen LogP contribution is 2.22. The quantitative estimate of drug-likeness (QED) is 0.770. The fourth-order valence-electron chi connectivity index (χ4n) is 2.29. The van der Waals surface area contributed by atoms with Crippen molar-refractivity contribution in [2.75, 3.05) is 13.1 Å². The molecule has 1 aromatic rings. The van der Waals surface area contributed by atoms with E-state index in [2.05, 4.69) is 0 Å². The van der Waals surface area contributed by atoms with Crippen LogP contribution in [-0.2, 0) is 4.74 Å². The minimum atomic E-state index is -0.516. The molecule has 0 aromatic heterocycles. The van der Waals surface area contributed by atoms with Crippen molar-refractivity contribution in [3.05, 3.63) is 41.0 Å². The lowest BCUT2D eigenvalue weighted by Crippen LogP contribution is -2.40. The number of ether oxygens (including phenoxy) is 1. The predicted octanol–water partition coefficient (Wildman–Crippen LogP) is 4.38. The molecule has 0 N–H and O–H groups in total. The Morgan fingerprint density at radius 2 is 1.86 bits per heavy atom. The van der Waals surface area contributed by atoms with Crippen LogP contribution < -0.4 is 0 Å². The van der Waals surface area contributed by atoms with Crippen LogP contribution in [0.5, 0.6) is 0 Å². The number of hydrogen-bond acceptors (Lipinski definition) is 2. The lowest BCUT2D eigenvalue weighted by Gasteiger charge is -2.31. The number of carbonyl (C=O) groups excluding carboxylic acids is 1. The molecule has 0 unspecified atom stereocenters. The van der Waals surface area contributed by atoms with Gasteiger partial charge < -0.3 is 9.64 Å². The number of piperidine rings is 1. The van der Waals surface area contributed by atoms with Gasteiger partial charge in [0.15, 0.2) is 0 Å². The number of halogens is 2. The van der Waals surface area contributed by atoms with Crippen LogP contribution in [0.3, 0.4) is 0 Å². The first-order valence-corrected chi connectivity index (χ1v) is 7.37. The van der Waals surface area contributed by atoms with Crippen molar-refractivity contribution < 1.29 is 18.3 Å². The fraction of sp³-hybridized carbons (Fsp3) is 0.471. The topological polar surface area (TPSA) is 29.5 Å². The zero-order valence-corrected chi connectivity index (χ0v) is 13.2. The second-order valence-corrected chi connectivity index (χ2v) is 6.44. The number of carbonyl (C=O) groups is 1. The molecular weight excluding hydrogens is 288 g/mol. The van der Waals surface area contributed by atoms with Gasteiger partial charge in [0.05, 0.1) is 0 Å². The molecule has 0 spiro atoms. The summed E-state index contributed by atoms with van der Waals surface area (Å²) < 4.78 is 32.1. The van der Waals surface area contributed by atoms with Crippen molar-refractivity contribution in [2.24, 2.45) is 0 Å². The molecule has 0 radical (unpaired) electrons. The lowest BCUT2D eigenvalue weighted by molar-refractivity contribution is 0.0237. The SMILES string of the molecule is CC(C)(C)OC(=O)N1CCC(=Cc2cc(F)ccc2F)CC1. The average molecular weight is 309 g/mol. The summed E-state index contributed by atoms with van der Waals surface area (Å²) in [6.07, 6.45) is 2.61. The Bertz CT molecular complexity index is 581. The fourth-order valence-corrected chi connectivity index (χ4v) is 2.29. The van der Waals surface area contributed by atoms with Gasteiger partial charge in [-0.05, 0) is 51.8 Å². The van der Waals surface area contributed by atoms with E-state index < -0.39 is 17.2 Å². The summed E-state index contributed by atoms with van der Waals surface area (Å²) in [5.41, 5.74) is 0.739. The summed E-state index contributed by atoms with van der Waals surface area (Å²) in [5, 5.41) is 0. The van der Waals surface area contributed by atoms with Gasteiger partial charge in [0.2, 0.25) is 0 Å². The molecule has 1 amide bonds. The van der Waals surface area contributed by atoms with Crippen LogP contribution in [0.15, 0.2) is 23.8 Å². The minimum Gasteiger partial charge on any atom is -0.444 e. The first kappa shape index (κ1) is 16.5. The average Bonchev–Trinajstić information content (AvgIpc) is 2.42. The van der Waals surface area contributed by atoms with Crippen molar-refractivity contribution in [3.8, 4) is 0 Å². The summed E-state index contributed by atoms with van der Waals surface area (Å²) in [6.45, 7) is 6.53. The van der Waals surface area contributed by atoms with E-state index in [0.29, 0.717) is 25.9 Å². The van der Waals surface area contributed by atoms with Gasteiger partial charge in [-0.3, -0.25) is 0 Å². The zero-order valence-electron chi connectivity index (χ0n) is 13.2. The molecule has 0 atom stereocenters. The van der Waals surface area contributed by atoms with Crippen LogP contribution in [0.2, 0.25) is 0 Å². The zero-order chi connectivity index (χ0) is 16.3. The van der Waals surface area contributed by atoms with Crippen molar-refractivity contribution in [1.29, 1.82) is 0 Å². The summed E-state index contributed by atoms with van der Waals surface area (Å²) >= 11 is 0. The maximum Gasteiger partial charge on any atom is 0.410 e. The van der Waals surface area contributed by atoms with Gasteiger partial charge in [-0.25, -0.2) is 13.6 Å². The van der Waals surface area contributed by atoms with E-state index in [1.807, 2.05) is 20.8 Å². The smallest absolute Gasteiger partial charge is 0.410 e. The van der Waals surface area contributed by atoms with Crippen molar-refractivity contribution in [3.63, 3.8) is 0 Å². The second-order valence-electron chi connectivity index (χ2n) is 6.44. The second kappa shape index (κ2) is 6.46. The summed E-state index contributed by atoms with van der Waals surface area (Å²) in [6, 6.07) is 3.41. The van der Waals surface area contributed by atoms with Gasteiger partial charge >= 0.3 is 6.09 Å². The molecule has 1 aromatic carbocycles. The molecule has 2 rings (SSSR count). The van der Waals surface area contributed by atoms with Crippen molar-refractivity contribution in [2.45, 2.75) is 39.2 Å². The molecule has 3 nitrogen and oxygen atoms in total. The van der Waals surface area contributed by atoms with Gasteiger partial charge in [-0.2, -0.15) is 0 Å². The Hall–Kier alpha value is -1.91. The molecule has 1 fully saturated rings. The standard InChI is InChI=1S/C17H21F2NO2/c1-17(2,3)22-16(21)20-8-6-12(7-9-20)10-13-11-14(18)4-5-15(13)19/h4-5,10-11H,6-9H2,1-3H3. The van der Waals surface area contributed by atoms with E-state index >= 15 is 0 Å². The largest absolute Gasteiger partial charge is 0.444 e. The molecule has 0 aliphatic carbocycles. The van der Waals surface area contributed by atoms with Crippen LogP contribution in [-0.4, -0.2) is 29.7 Å². The summed E-state index contributed by atoms with van der Waals surface area (Å²) in [5.74, 6) is -0.900. The Morgan fingerprint density at radius 1 is 1.23 bits per heavy atom. The number of hydrogen-bond donors (Lipinski definition) is 0. The van der Waals surface area contributed by atoms with E-state index in [1.54, 1.807) is 11.0 Å². The van der Waals surface area contributed by atoms with Crippen LogP contribution in [0.25, 0.3) is 6.08 Å². The van der Waals surface area contributed by atoms with E-state index in [9.17, 15) is 13.6 Å². The molecule has 120 valence electrons. The number of nitrogens with zero attached hydrogens (tertiary/aromatic N) is 1. The van der Waals surface area contributed by atoms with E-state index in [-0.39, 0.29) is 11.7 Å². The van der Waals surface area contributed by atoms with Gasteiger partial charge in [-0.15, -0.1) is 0 Å². The number of benzene rings is 1. The highest BCUT2D eigenvalue weighted by atomic mass is 19.1. The van der Waals surface area contributed by atoms with Crippen LogP contribution in [0, 0.1) is 11.6 Å². The molecular formula is C17H21F2NO2. The Kier molecular flexibility index (Phi) is 4.84. The van der Waals surface area contributed by atoms with Gasteiger partial charge in [0.25, 0.3) is 0 Å².